The van der Waals surface area contributed by atoms with Crippen LogP contribution in [0.4, 0.5) is 21.9 Å². The van der Waals surface area contributed by atoms with Crippen LogP contribution in [0.1, 0.15) is 29.8 Å². The fourth-order valence-corrected chi connectivity index (χ4v) is 4.51. The van der Waals surface area contributed by atoms with Crippen LogP contribution < -0.4 is 20.3 Å². The van der Waals surface area contributed by atoms with E-state index < -0.39 is 0 Å². The van der Waals surface area contributed by atoms with Gasteiger partial charge in [0.15, 0.2) is 0 Å². The van der Waals surface area contributed by atoms with Crippen LogP contribution in [-0.2, 0) is 4.79 Å². The lowest BCUT2D eigenvalue weighted by Crippen LogP contribution is -2.50. The second-order valence-electron chi connectivity index (χ2n) is 10.1. The SMILES string of the molecule is COc1ccc(C(=O)N(CC(=O)Nc2ccc(N3CCN(C(=O)Nc4ccc(C)cc4)CC3)cc2)C(C)C)cc1. The van der Waals surface area contributed by atoms with Gasteiger partial charge in [0.1, 0.15) is 12.3 Å². The molecule has 1 saturated heterocycles. The lowest BCUT2D eigenvalue weighted by molar-refractivity contribution is -0.117. The fraction of sp³-hybridized carbons (Fsp3) is 0.323. The summed E-state index contributed by atoms with van der Waals surface area (Å²) in [4.78, 5) is 44.1. The first-order chi connectivity index (χ1) is 19.2. The molecule has 210 valence electrons. The van der Waals surface area contributed by atoms with Gasteiger partial charge < -0.3 is 30.1 Å². The number of carbonyl (C=O) groups is 3. The van der Waals surface area contributed by atoms with Crippen molar-refractivity contribution in [3.05, 3.63) is 83.9 Å². The molecule has 0 bridgehead atoms. The highest BCUT2D eigenvalue weighted by Crippen LogP contribution is 2.21. The molecule has 0 atom stereocenters. The van der Waals surface area contributed by atoms with E-state index in [1.807, 2.05) is 74.2 Å². The number of carbonyl (C=O) groups excluding carboxylic acids is 3. The highest BCUT2D eigenvalue weighted by molar-refractivity contribution is 5.99. The molecule has 0 radical (unpaired) electrons. The molecular weight excluding hydrogens is 506 g/mol. The van der Waals surface area contributed by atoms with Crippen molar-refractivity contribution >= 4 is 34.9 Å². The van der Waals surface area contributed by atoms with Crippen molar-refractivity contribution in [3.63, 3.8) is 0 Å². The number of hydrogen-bond donors (Lipinski definition) is 2. The number of benzene rings is 3. The van der Waals surface area contributed by atoms with Crippen LogP contribution in [-0.4, -0.2) is 73.5 Å². The standard InChI is InChI=1S/C31H37N5O4/c1-22(2)36(30(38)24-7-15-28(40-4)16-8-24)21-29(37)32-25-11-13-27(14-12-25)34-17-19-35(20-18-34)31(39)33-26-9-5-23(3)6-10-26/h5-16,22H,17-21H2,1-4H3,(H,32,37)(H,33,39). The van der Waals surface area contributed by atoms with Gasteiger partial charge in [0.05, 0.1) is 7.11 Å². The zero-order valence-corrected chi connectivity index (χ0v) is 23.5. The Labute approximate surface area is 235 Å². The molecule has 3 aromatic carbocycles. The Balaban J connectivity index is 1.27. The average molecular weight is 544 g/mol. The molecule has 1 aliphatic rings. The molecule has 4 rings (SSSR count). The van der Waals surface area contributed by atoms with Crippen LogP contribution in [0, 0.1) is 6.92 Å². The Morgan fingerprint density at radius 2 is 1.40 bits per heavy atom. The summed E-state index contributed by atoms with van der Waals surface area (Å²) in [5.41, 5.74) is 4.12. The van der Waals surface area contributed by atoms with Gasteiger partial charge in [0, 0.05) is 54.8 Å². The molecule has 2 N–H and O–H groups in total. The van der Waals surface area contributed by atoms with E-state index in [0.717, 1.165) is 16.9 Å². The fourth-order valence-electron chi connectivity index (χ4n) is 4.51. The number of rotatable bonds is 8. The van der Waals surface area contributed by atoms with E-state index in [4.69, 9.17) is 4.74 Å². The molecule has 0 spiro atoms. The molecule has 4 amide bonds. The van der Waals surface area contributed by atoms with Crippen LogP contribution in [0.5, 0.6) is 5.75 Å². The number of piperazine rings is 1. The van der Waals surface area contributed by atoms with Crippen molar-refractivity contribution in [1.82, 2.24) is 9.80 Å². The summed E-state index contributed by atoms with van der Waals surface area (Å²) in [6.07, 6.45) is 0. The predicted octanol–water partition coefficient (Wildman–Crippen LogP) is 4.85. The van der Waals surface area contributed by atoms with E-state index in [1.165, 1.54) is 0 Å². The minimum absolute atomic E-state index is 0.0586. The van der Waals surface area contributed by atoms with Gasteiger partial charge in [-0.15, -0.1) is 0 Å². The number of methoxy groups -OCH3 is 1. The monoisotopic (exact) mass is 543 g/mol. The van der Waals surface area contributed by atoms with Gasteiger partial charge >= 0.3 is 6.03 Å². The molecule has 0 aliphatic carbocycles. The van der Waals surface area contributed by atoms with Gasteiger partial charge in [-0.25, -0.2) is 4.79 Å². The van der Waals surface area contributed by atoms with Gasteiger partial charge in [-0.1, -0.05) is 17.7 Å². The van der Waals surface area contributed by atoms with E-state index in [-0.39, 0.29) is 30.4 Å². The van der Waals surface area contributed by atoms with Crippen LogP contribution in [0.15, 0.2) is 72.8 Å². The number of nitrogens with one attached hydrogen (secondary N) is 2. The van der Waals surface area contributed by atoms with E-state index >= 15 is 0 Å². The van der Waals surface area contributed by atoms with E-state index in [0.29, 0.717) is 43.2 Å². The molecule has 9 nitrogen and oxygen atoms in total. The maximum atomic E-state index is 13.0. The Morgan fingerprint density at radius 3 is 1.98 bits per heavy atom. The number of ether oxygens (including phenoxy) is 1. The Morgan fingerprint density at radius 1 is 0.825 bits per heavy atom. The topological polar surface area (TPSA) is 94.2 Å². The minimum Gasteiger partial charge on any atom is -0.497 e. The molecule has 9 heteroatoms. The van der Waals surface area contributed by atoms with Crippen molar-refractivity contribution in [1.29, 1.82) is 0 Å². The summed E-state index contributed by atoms with van der Waals surface area (Å²) < 4.78 is 5.16. The summed E-state index contributed by atoms with van der Waals surface area (Å²) in [6.45, 7) is 8.38. The summed E-state index contributed by atoms with van der Waals surface area (Å²) >= 11 is 0. The third-order valence-electron chi connectivity index (χ3n) is 6.92. The third kappa shape index (κ3) is 7.31. The summed E-state index contributed by atoms with van der Waals surface area (Å²) in [6, 6.07) is 22.0. The highest BCUT2D eigenvalue weighted by atomic mass is 16.5. The van der Waals surface area contributed by atoms with Crippen LogP contribution in [0.25, 0.3) is 0 Å². The molecular formula is C31H37N5O4. The van der Waals surface area contributed by atoms with Crippen LogP contribution in [0.3, 0.4) is 0 Å². The van der Waals surface area contributed by atoms with Crippen molar-refractivity contribution in [3.8, 4) is 5.75 Å². The number of urea groups is 1. The summed E-state index contributed by atoms with van der Waals surface area (Å²) in [7, 11) is 1.57. The quantitative estimate of drug-likeness (QED) is 0.424. The smallest absolute Gasteiger partial charge is 0.321 e. The van der Waals surface area contributed by atoms with Crippen molar-refractivity contribution in [2.45, 2.75) is 26.8 Å². The predicted molar refractivity (Wildman–Crippen MR) is 158 cm³/mol. The number of anilines is 3. The summed E-state index contributed by atoms with van der Waals surface area (Å²) in [5, 5.41) is 5.86. The normalized spacial score (nSPS) is 13.1. The van der Waals surface area contributed by atoms with Gasteiger partial charge in [0.25, 0.3) is 5.91 Å². The Hall–Kier alpha value is -4.53. The average Bonchev–Trinajstić information content (AvgIpc) is 2.97. The molecule has 1 fully saturated rings. The highest BCUT2D eigenvalue weighted by Gasteiger charge is 2.23. The van der Waals surface area contributed by atoms with E-state index in [1.54, 1.807) is 36.3 Å². The van der Waals surface area contributed by atoms with Crippen LogP contribution in [0.2, 0.25) is 0 Å². The second kappa shape index (κ2) is 13.0. The van der Waals surface area contributed by atoms with Gasteiger partial charge in [-0.05, 0) is 81.4 Å². The third-order valence-corrected chi connectivity index (χ3v) is 6.92. The van der Waals surface area contributed by atoms with Gasteiger partial charge in [-0.3, -0.25) is 9.59 Å². The van der Waals surface area contributed by atoms with Crippen molar-refractivity contribution < 1.29 is 19.1 Å². The minimum atomic E-state index is -0.267. The number of aryl methyl sites for hydroxylation is 1. The maximum absolute atomic E-state index is 13.0. The first-order valence-electron chi connectivity index (χ1n) is 13.5. The number of hydrogen-bond acceptors (Lipinski definition) is 5. The Kier molecular flexibility index (Phi) is 9.27. The lowest BCUT2D eigenvalue weighted by atomic mass is 10.1. The van der Waals surface area contributed by atoms with E-state index in [2.05, 4.69) is 15.5 Å². The number of amides is 4. The van der Waals surface area contributed by atoms with E-state index in [9.17, 15) is 14.4 Å². The zero-order valence-electron chi connectivity index (χ0n) is 23.5. The zero-order chi connectivity index (χ0) is 28.6. The summed E-state index contributed by atoms with van der Waals surface area (Å²) in [5.74, 6) is 0.186. The Bertz CT molecular complexity index is 1300. The largest absolute Gasteiger partial charge is 0.497 e. The molecule has 40 heavy (non-hydrogen) atoms. The second-order valence-corrected chi connectivity index (χ2v) is 10.1. The van der Waals surface area contributed by atoms with Crippen molar-refractivity contribution in [2.75, 3.05) is 55.4 Å². The van der Waals surface area contributed by atoms with Crippen molar-refractivity contribution in [2.24, 2.45) is 0 Å². The van der Waals surface area contributed by atoms with Gasteiger partial charge in [-0.2, -0.15) is 0 Å². The van der Waals surface area contributed by atoms with Gasteiger partial charge in [0.2, 0.25) is 5.91 Å². The first kappa shape index (κ1) is 28.5. The molecule has 1 heterocycles. The molecule has 1 aliphatic heterocycles. The molecule has 0 saturated carbocycles. The van der Waals surface area contributed by atoms with Crippen LogP contribution >= 0.6 is 0 Å². The molecule has 0 aromatic heterocycles. The maximum Gasteiger partial charge on any atom is 0.321 e. The lowest BCUT2D eigenvalue weighted by Gasteiger charge is -2.36. The first-order valence-corrected chi connectivity index (χ1v) is 13.5. The number of nitrogens with zero attached hydrogens (tertiary/aromatic N) is 3. The molecule has 0 unspecified atom stereocenters. The molecule has 3 aromatic rings.